The number of nitrogens with one attached hydrogen (secondary N) is 1. The number of rotatable bonds is 8. The van der Waals surface area contributed by atoms with Gasteiger partial charge in [0.1, 0.15) is 12.4 Å². The number of aromatic nitrogens is 2. The minimum Gasteiger partial charge on any atom is -0.352 e. The molecule has 0 saturated heterocycles. The fourth-order valence-electron chi connectivity index (χ4n) is 6.34. The number of hydrogen-bond donors (Lipinski definition) is 1. The third kappa shape index (κ3) is 5.89. The van der Waals surface area contributed by atoms with E-state index in [4.69, 9.17) is 4.98 Å². The molecule has 37 heavy (non-hydrogen) atoms. The molecule has 2 aliphatic rings. The van der Waals surface area contributed by atoms with Crippen LogP contribution in [-0.4, -0.2) is 44.9 Å². The number of carbonyl (C=O) groups excluding carboxylic acids is 2. The van der Waals surface area contributed by atoms with Crippen molar-refractivity contribution in [1.82, 2.24) is 19.8 Å². The molecule has 2 saturated carbocycles. The zero-order chi connectivity index (χ0) is 25.6. The van der Waals surface area contributed by atoms with Crippen molar-refractivity contribution in [3.05, 3.63) is 65.5 Å². The highest BCUT2D eigenvalue weighted by molar-refractivity contribution is 5.95. The lowest BCUT2D eigenvalue weighted by Crippen LogP contribution is -2.50. The maximum Gasteiger partial charge on any atom is 0.251 e. The monoisotopic (exact) mass is 500 g/mol. The molecule has 0 aliphatic heterocycles. The van der Waals surface area contributed by atoms with Gasteiger partial charge in [0.2, 0.25) is 5.91 Å². The maximum absolute atomic E-state index is 14.0. The van der Waals surface area contributed by atoms with Crippen molar-refractivity contribution >= 4 is 22.8 Å². The third-order valence-electron chi connectivity index (χ3n) is 8.27. The van der Waals surface area contributed by atoms with Crippen molar-refractivity contribution < 1.29 is 9.59 Å². The first-order chi connectivity index (χ1) is 18.1. The smallest absolute Gasteiger partial charge is 0.251 e. The first-order valence-electron chi connectivity index (χ1n) is 14.2. The van der Waals surface area contributed by atoms with Crippen LogP contribution in [0.5, 0.6) is 0 Å². The highest BCUT2D eigenvalue weighted by Gasteiger charge is 2.33. The number of imidazole rings is 1. The van der Waals surface area contributed by atoms with Gasteiger partial charge in [-0.15, -0.1) is 0 Å². The number of nitrogens with zero attached hydrogens (tertiary/aromatic N) is 3. The Morgan fingerprint density at radius 1 is 0.892 bits per heavy atom. The summed E-state index contributed by atoms with van der Waals surface area (Å²) in [6.07, 6.45) is 12.6. The second-order valence-corrected chi connectivity index (χ2v) is 10.8. The molecule has 5 rings (SSSR count). The van der Waals surface area contributed by atoms with Crippen molar-refractivity contribution in [3.63, 3.8) is 0 Å². The SMILES string of the molecule is Cc1ccccc1C(=O)NCCc1nc2ccccc2n1CC(=O)N(C1CCCCC1)C1CCCCC1. The Balaban J connectivity index is 1.34. The average Bonchev–Trinajstić information content (AvgIpc) is 3.27. The molecule has 196 valence electrons. The van der Waals surface area contributed by atoms with Gasteiger partial charge in [-0.25, -0.2) is 4.98 Å². The predicted octanol–water partition coefficient (Wildman–Crippen LogP) is 5.81. The molecule has 0 bridgehead atoms. The van der Waals surface area contributed by atoms with Gasteiger partial charge in [0.25, 0.3) is 5.91 Å². The molecule has 0 atom stereocenters. The zero-order valence-corrected chi connectivity index (χ0v) is 22.1. The number of aryl methyl sites for hydroxylation is 1. The average molecular weight is 501 g/mol. The molecule has 3 aromatic rings. The molecule has 1 N–H and O–H groups in total. The molecule has 1 aromatic heterocycles. The second kappa shape index (κ2) is 11.9. The van der Waals surface area contributed by atoms with Crippen LogP contribution < -0.4 is 5.32 Å². The van der Waals surface area contributed by atoms with Crippen molar-refractivity contribution in [3.8, 4) is 0 Å². The van der Waals surface area contributed by atoms with Gasteiger partial charge in [-0.05, 0) is 56.4 Å². The largest absolute Gasteiger partial charge is 0.352 e. The molecule has 2 fully saturated rings. The van der Waals surface area contributed by atoms with Crippen LogP contribution in [0.25, 0.3) is 11.0 Å². The summed E-state index contributed by atoms with van der Waals surface area (Å²) in [5.74, 6) is 1.01. The van der Waals surface area contributed by atoms with E-state index in [1.807, 2.05) is 49.4 Å². The van der Waals surface area contributed by atoms with Crippen molar-refractivity contribution in [2.24, 2.45) is 0 Å². The van der Waals surface area contributed by atoms with E-state index in [1.165, 1.54) is 38.5 Å². The molecule has 1 heterocycles. The summed E-state index contributed by atoms with van der Waals surface area (Å²) in [7, 11) is 0. The lowest BCUT2D eigenvalue weighted by Gasteiger charge is -2.42. The van der Waals surface area contributed by atoms with E-state index in [9.17, 15) is 9.59 Å². The van der Waals surface area contributed by atoms with Crippen LogP contribution in [0.1, 0.15) is 86.0 Å². The molecule has 6 nitrogen and oxygen atoms in total. The molecular formula is C31H40N4O2. The van der Waals surface area contributed by atoms with Crippen LogP contribution in [-0.2, 0) is 17.8 Å². The lowest BCUT2D eigenvalue weighted by molar-refractivity contribution is -0.138. The minimum absolute atomic E-state index is 0.0717. The van der Waals surface area contributed by atoms with Gasteiger partial charge in [-0.2, -0.15) is 0 Å². The standard InChI is InChI=1S/C31H40N4O2/c1-23-12-8-9-17-26(23)31(37)32-21-20-29-33-27-18-10-11-19-28(27)34(29)22-30(36)35(24-13-4-2-5-14-24)25-15-6-3-7-16-25/h8-12,17-19,24-25H,2-7,13-16,20-22H2,1H3,(H,32,37). The van der Waals surface area contributed by atoms with E-state index in [0.717, 1.165) is 48.1 Å². The third-order valence-corrected chi connectivity index (χ3v) is 8.27. The summed E-state index contributed by atoms with van der Waals surface area (Å²) in [6, 6.07) is 16.4. The van der Waals surface area contributed by atoms with E-state index in [2.05, 4.69) is 20.9 Å². The molecule has 6 heteroatoms. The highest BCUT2D eigenvalue weighted by atomic mass is 16.2. The quantitative estimate of drug-likeness (QED) is 0.424. The second-order valence-electron chi connectivity index (χ2n) is 10.8. The van der Waals surface area contributed by atoms with Crippen molar-refractivity contribution in [2.75, 3.05) is 6.54 Å². The van der Waals surface area contributed by atoms with Gasteiger partial charge in [0.05, 0.1) is 11.0 Å². The zero-order valence-electron chi connectivity index (χ0n) is 22.1. The van der Waals surface area contributed by atoms with Crippen LogP contribution in [0, 0.1) is 6.92 Å². The summed E-state index contributed by atoms with van der Waals surface area (Å²) in [5.41, 5.74) is 3.55. The first kappa shape index (κ1) is 25.5. The van der Waals surface area contributed by atoms with Gasteiger partial charge in [-0.3, -0.25) is 9.59 Å². The normalized spacial score (nSPS) is 17.1. The van der Waals surface area contributed by atoms with Crippen molar-refractivity contribution in [1.29, 1.82) is 0 Å². The summed E-state index contributed by atoms with van der Waals surface area (Å²) in [5, 5.41) is 3.05. The van der Waals surface area contributed by atoms with Crippen molar-refractivity contribution in [2.45, 2.75) is 96.2 Å². The Morgan fingerprint density at radius 2 is 1.51 bits per heavy atom. The Hall–Kier alpha value is -3.15. The van der Waals surface area contributed by atoms with Crippen LogP contribution in [0.2, 0.25) is 0 Å². The highest BCUT2D eigenvalue weighted by Crippen LogP contribution is 2.31. The maximum atomic E-state index is 14.0. The number of benzene rings is 2. The van der Waals surface area contributed by atoms with E-state index in [1.54, 1.807) is 0 Å². The Kier molecular flexibility index (Phi) is 8.22. The number of hydrogen-bond acceptors (Lipinski definition) is 3. The predicted molar refractivity (Wildman–Crippen MR) is 148 cm³/mol. The fourth-order valence-corrected chi connectivity index (χ4v) is 6.34. The summed E-state index contributed by atoms with van der Waals surface area (Å²) in [4.78, 5) is 33.9. The van der Waals surface area contributed by atoms with E-state index < -0.39 is 0 Å². The van der Waals surface area contributed by atoms with Gasteiger partial charge >= 0.3 is 0 Å². The number of carbonyl (C=O) groups is 2. The first-order valence-corrected chi connectivity index (χ1v) is 14.2. The summed E-state index contributed by atoms with van der Waals surface area (Å²) in [6.45, 7) is 2.73. The van der Waals surface area contributed by atoms with E-state index in [-0.39, 0.29) is 11.8 Å². The van der Waals surface area contributed by atoms with Gasteiger partial charge in [0.15, 0.2) is 0 Å². The minimum atomic E-state index is -0.0717. The molecule has 0 radical (unpaired) electrons. The fraction of sp³-hybridized carbons (Fsp3) is 0.516. The molecule has 2 amide bonds. The lowest BCUT2D eigenvalue weighted by atomic mass is 9.88. The molecular weight excluding hydrogens is 460 g/mol. The van der Waals surface area contributed by atoms with E-state index in [0.29, 0.717) is 37.2 Å². The molecule has 0 unspecified atom stereocenters. The number of fused-ring (bicyclic) bond motifs is 1. The van der Waals surface area contributed by atoms with Crippen LogP contribution in [0.3, 0.4) is 0 Å². The molecule has 2 aliphatic carbocycles. The van der Waals surface area contributed by atoms with E-state index >= 15 is 0 Å². The Labute approximate surface area is 220 Å². The molecule has 2 aromatic carbocycles. The van der Waals surface area contributed by atoms with Gasteiger partial charge in [0, 0.05) is 30.6 Å². The van der Waals surface area contributed by atoms with Crippen LogP contribution >= 0.6 is 0 Å². The summed E-state index contributed by atoms with van der Waals surface area (Å²) < 4.78 is 2.09. The van der Waals surface area contributed by atoms with Crippen LogP contribution in [0.15, 0.2) is 48.5 Å². The number of amides is 2. The van der Waals surface area contributed by atoms with Gasteiger partial charge < -0.3 is 14.8 Å². The van der Waals surface area contributed by atoms with Crippen LogP contribution in [0.4, 0.5) is 0 Å². The topological polar surface area (TPSA) is 67.2 Å². The van der Waals surface area contributed by atoms with Gasteiger partial charge in [-0.1, -0.05) is 68.9 Å². The molecule has 0 spiro atoms. The Morgan fingerprint density at radius 3 is 2.19 bits per heavy atom. The number of para-hydroxylation sites is 2. The Bertz CT molecular complexity index is 1200. The summed E-state index contributed by atoms with van der Waals surface area (Å²) >= 11 is 0.